The Hall–Kier alpha value is -1.13. The molecule has 1 aromatic carbocycles. The van der Waals surface area contributed by atoms with Gasteiger partial charge in [0.1, 0.15) is 0 Å². The molecule has 3 unspecified atom stereocenters. The van der Waals surface area contributed by atoms with Gasteiger partial charge < -0.3 is 10.5 Å². The SMILES string of the molecule is COc1ccc(CN2CC3CCC(N)C3C2)cc1F. The molecule has 0 spiro atoms. The lowest BCUT2D eigenvalue weighted by atomic mass is 9.98. The van der Waals surface area contributed by atoms with Crippen LogP contribution in [-0.2, 0) is 6.54 Å². The maximum absolute atomic E-state index is 13.7. The van der Waals surface area contributed by atoms with Crippen LogP contribution in [0.25, 0.3) is 0 Å². The minimum absolute atomic E-state index is 0.281. The van der Waals surface area contributed by atoms with Gasteiger partial charge in [0.2, 0.25) is 0 Å². The van der Waals surface area contributed by atoms with E-state index in [4.69, 9.17) is 10.5 Å². The number of nitrogens with zero attached hydrogens (tertiary/aromatic N) is 1. The summed E-state index contributed by atoms with van der Waals surface area (Å²) in [6.07, 6.45) is 2.42. The Balaban J connectivity index is 1.65. The minimum Gasteiger partial charge on any atom is -0.494 e. The van der Waals surface area contributed by atoms with E-state index < -0.39 is 0 Å². The van der Waals surface area contributed by atoms with Gasteiger partial charge in [-0.05, 0) is 42.4 Å². The van der Waals surface area contributed by atoms with Crippen LogP contribution in [0.2, 0.25) is 0 Å². The minimum atomic E-state index is -0.281. The van der Waals surface area contributed by atoms with Crippen LogP contribution in [0.4, 0.5) is 4.39 Å². The second-order valence-electron chi connectivity index (χ2n) is 5.83. The summed E-state index contributed by atoms with van der Waals surface area (Å²) in [7, 11) is 1.49. The van der Waals surface area contributed by atoms with Crippen molar-refractivity contribution in [3.63, 3.8) is 0 Å². The van der Waals surface area contributed by atoms with Crippen molar-refractivity contribution < 1.29 is 9.13 Å². The van der Waals surface area contributed by atoms with Crippen LogP contribution < -0.4 is 10.5 Å². The van der Waals surface area contributed by atoms with Crippen molar-refractivity contribution in [3.8, 4) is 5.75 Å². The molecule has 0 amide bonds. The number of methoxy groups -OCH3 is 1. The van der Waals surface area contributed by atoms with E-state index >= 15 is 0 Å². The van der Waals surface area contributed by atoms with Crippen LogP contribution in [0.3, 0.4) is 0 Å². The van der Waals surface area contributed by atoms with Gasteiger partial charge in [0.25, 0.3) is 0 Å². The molecule has 1 saturated carbocycles. The Bertz CT molecular complexity index is 465. The summed E-state index contributed by atoms with van der Waals surface area (Å²) < 4.78 is 18.6. The molecule has 3 nitrogen and oxygen atoms in total. The normalized spacial score (nSPS) is 30.6. The van der Waals surface area contributed by atoms with E-state index in [1.807, 2.05) is 6.07 Å². The molecular formula is C15H21FN2O. The third kappa shape index (κ3) is 2.47. The highest BCUT2D eigenvalue weighted by atomic mass is 19.1. The number of likely N-dealkylation sites (tertiary alicyclic amines) is 1. The van der Waals surface area contributed by atoms with Gasteiger partial charge in [-0.2, -0.15) is 0 Å². The number of ether oxygens (including phenoxy) is 1. The van der Waals surface area contributed by atoms with Gasteiger partial charge in [0.05, 0.1) is 7.11 Å². The van der Waals surface area contributed by atoms with Crippen molar-refractivity contribution in [3.05, 3.63) is 29.6 Å². The molecule has 4 heteroatoms. The van der Waals surface area contributed by atoms with Gasteiger partial charge in [-0.3, -0.25) is 4.90 Å². The van der Waals surface area contributed by atoms with Gasteiger partial charge in [-0.25, -0.2) is 4.39 Å². The summed E-state index contributed by atoms with van der Waals surface area (Å²) in [6.45, 7) is 2.96. The Labute approximate surface area is 113 Å². The fourth-order valence-corrected chi connectivity index (χ4v) is 3.60. The summed E-state index contributed by atoms with van der Waals surface area (Å²) in [5.74, 6) is 1.42. The van der Waals surface area contributed by atoms with Crippen molar-refractivity contribution >= 4 is 0 Å². The fourth-order valence-electron chi connectivity index (χ4n) is 3.60. The van der Waals surface area contributed by atoms with E-state index in [1.54, 1.807) is 12.1 Å². The molecule has 1 aliphatic heterocycles. The highest BCUT2D eigenvalue weighted by Crippen LogP contribution is 2.37. The van der Waals surface area contributed by atoms with Crippen molar-refractivity contribution in [1.82, 2.24) is 4.90 Å². The first-order valence-electron chi connectivity index (χ1n) is 6.97. The predicted molar refractivity (Wildman–Crippen MR) is 72.4 cm³/mol. The number of benzene rings is 1. The van der Waals surface area contributed by atoms with Crippen molar-refractivity contribution in [1.29, 1.82) is 0 Å². The van der Waals surface area contributed by atoms with Crippen molar-refractivity contribution in [2.75, 3.05) is 20.2 Å². The molecule has 1 saturated heterocycles. The van der Waals surface area contributed by atoms with Crippen LogP contribution >= 0.6 is 0 Å². The van der Waals surface area contributed by atoms with Crippen LogP contribution in [0.1, 0.15) is 18.4 Å². The number of hydrogen-bond donors (Lipinski definition) is 1. The summed E-state index contributed by atoms with van der Waals surface area (Å²) in [5.41, 5.74) is 7.14. The highest BCUT2D eigenvalue weighted by Gasteiger charge is 2.40. The Morgan fingerprint density at radius 2 is 2.21 bits per heavy atom. The lowest BCUT2D eigenvalue weighted by molar-refractivity contribution is 0.297. The Kier molecular flexibility index (Phi) is 3.46. The number of nitrogens with two attached hydrogens (primary N) is 1. The molecular weight excluding hydrogens is 243 g/mol. The van der Waals surface area contributed by atoms with Crippen molar-refractivity contribution in [2.45, 2.75) is 25.4 Å². The second-order valence-corrected chi connectivity index (χ2v) is 5.83. The van der Waals surface area contributed by atoms with E-state index in [9.17, 15) is 4.39 Å². The van der Waals surface area contributed by atoms with Crippen molar-refractivity contribution in [2.24, 2.45) is 17.6 Å². The maximum Gasteiger partial charge on any atom is 0.165 e. The van der Waals surface area contributed by atoms with Gasteiger partial charge in [-0.1, -0.05) is 6.07 Å². The van der Waals surface area contributed by atoms with E-state index in [2.05, 4.69) is 4.90 Å². The lowest BCUT2D eigenvalue weighted by Crippen LogP contribution is -2.30. The van der Waals surface area contributed by atoms with E-state index in [1.165, 1.54) is 20.0 Å². The first-order chi connectivity index (χ1) is 9.17. The molecule has 3 rings (SSSR count). The molecule has 104 valence electrons. The molecule has 0 radical (unpaired) electrons. The molecule has 19 heavy (non-hydrogen) atoms. The van der Waals surface area contributed by atoms with Gasteiger partial charge in [-0.15, -0.1) is 0 Å². The standard InChI is InChI=1S/C15H21FN2O/c1-19-15-5-2-10(6-13(15)16)7-18-8-11-3-4-14(17)12(11)9-18/h2,5-6,11-12,14H,3-4,7-9,17H2,1H3. The number of fused-ring (bicyclic) bond motifs is 1. The fraction of sp³-hybridized carbons (Fsp3) is 0.600. The highest BCUT2D eigenvalue weighted by molar-refractivity contribution is 5.29. The second kappa shape index (κ2) is 5.10. The zero-order chi connectivity index (χ0) is 13.4. The molecule has 2 N–H and O–H groups in total. The summed E-state index contributed by atoms with van der Waals surface area (Å²) >= 11 is 0. The quantitative estimate of drug-likeness (QED) is 0.907. The summed E-state index contributed by atoms with van der Waals surface area (Å²) in [4.78, 5) is 2.40. The summed E-state index contributed by atoms with van der Waals surface area (Å²) in [5, 5.41) is 0. The Morgan fingerprint density at radius 1 is 1.37 bits per heavy atom. The molecule has 0 aromatic heterocycles. The Morgan fingerprint density at radius 3 is 2.89 bits per heavy atom. The van der Waals surface area contributed by atoms with Crippen LogP contribution in [0, 0.1) is 17.7 Å². The molecule has 3 atom stereocenters. The largest absolute Gasteiger partial charge is 0.494 e. The topological polar surface area (TPSA) is 38.5 Å². The van der Waals surface area contributed by atoms with Gasteiger partial charge in [0, 0.05) is 25.7 Å². The first-order valence-corrected chi connectivity index (χ1v) is 6.97. The molecule has 2 fully saturated rings. The van der Waals surface area contributed by atoms with Crippen LogP contribution in [0.5, 0.6) is 5.75 Å². The molecule has 1 aliphatic carbocycles. The average Bonchev–Trinajstić information content (AvgIpc) is 2.92. The molecule has 1 heterocycles. The molecule has 1 aromatic rings. The average molecular weight is 264 g/mol. The third-order valence-corrected chi connectivity index (χ3v) is 4.61. The predicted octanol–water partition coefficient (Wildman–Crippen LogP) is 2.00. The zero-order valence-electron chi connectivity index (χ0n) is 11.3. The lowest BCUT2D eigenvalue weighted by Gasteiger charge is -2.18. The van der Waals surface area contributed by atoms with Gasteiger partial charge >= 0.3 is 0 Å². The monoisotopic (exact) mass is 264 g/mol. The molecule has 0 bridgehead atoms. The third-order valence-electron chi connectivity index (χ3n) is 4.61. The van der Waals surface area contributed by atoms with Gasteiger partial charge in [0.15, 0.2) is 11.6 Å². The zero-order valence-corrected chi connectivity index (χ0v) is 11.3. The maximum atomic E-state index is 13.7. The first kappa shape index (κ1) is 12.9. The number of hydrogen-bond acceptors (Lipinski definition) is 3. The van der Waals surface area contributed by atoms with Crippen LogP contribution in [0.15, 0.2) is 18.2 Å². The van der Waals surface area contributed by atoms with Crippen LogP contribution in [-0.4, -0.2) is 31.1 Å². The molecule has 2 aliphatic rings. The summed E-state index contributed by atoms with van der Waals surface area (Å²) in [6, 6.07) is 5.58. The number of halogens is 1. The number of rotatable bonds is 3. The van der Waals surface area contributed by atoms with E-state index in [-0.39, 0.29) is 5.82 Å². The van der Waals surface area contributed by atoms with E-state index in [0.29, 0.717) is 17.7 Å². The smallest absolute Gasteiger partial charge is 0.165 e. The van der Waals surface area contributed by atoms with E-state index in [0.717, 1.165) is 31.1 Å².